The molecule has 0 spiro atoms. The third-order valence-corrected chi connectivity index (χ3v) is 5.06. The first-order chi connectivity index (χ1) is 13.9. The van der Waals surface area contributed by atoms with E-state index in [-0.39, 0.29) is 17.4 Å². The quantitative estimate of drug-likeness (QED) is 0.724. The number of aromatic hydroxyl groups is 1. The Bertz CT molecular complexity index is 1090. The van der Waals surface area contributed by atoms with E-state index in [1.807, 2.05) is 51.4 Å². The van der Waals surface area contributed by atoms with Crippen molar-refractivity contribution in [2.45, 2.75) is 25.9 Å². The van der Waals surface area contributed by atoms with Crippen molar-refractivity contribution in [3.63, 3.8) is 0 Å². The summed E-state index contributed by atoms with van der Waals surface area (Å²) in [7, 11) is 4.02. The molecule has 0 bridgehead atoms. The Balaban J connectivity index is 1.66. The Morgan fingerprint density at radius 1 is 1.10 bits per heavy atom. The molecule has 0 radical (unpaired) electrons. The first-order valence-electron chi connectivity index (χ1n) is 9.78. The van der Waals surface area contributed by atoms with Crippen LogP contribution in [0.25, 0.3) is 16.9 Å². The second-order valence-electron chi connectivity index (χ2n) is 7.79. The van der Waals surface area contributed by atoms with Crippen LogP contribution in [0.5, 0.6) is 11.5 Å². The standard InChI is InChI=1S/C23H25N3O3/c1-15(14-25(2)3)29-20-10-7-18(8-11-20)26-22(28)12-17-5-4-16-6-9-19(27)13-21(16)23(17)24-26/h6-13,15,27H,4-5,14H2,1-3H3. The van der Waals surface area contributed by atoms with Crippen LogP contribution in [0.1, 0.15) is 18.1 Å². The number of phenols is 1. The van der Waals surface area contributed by atoms with Gasteiger partial charge in [0.05, 0.1) is 11.4 Å². The normalized spacial score (nSPS) is 13.7. The summed E-state index contributed by atoms with van der Waals surface area (Å²) in [5.41, 5.74) is 4.20. The molecule has 0 aliphatic heterocycles. The number of fused-ring (bicyclic) bond motifs is 3. The number of hydrogen-bond acceptors (Lipinski definition) is 5. The van der Waals surface area contributed by atoms with Crippen molar-refractivity contribution in [1.29, 1.82) is 0 Å². The van der Waals surface area contributed by atoms with E-state index in [9.17, 15) is 9.90 Å². The van der Waals surface area contributed by atoms with Gasteiger partial charge in [0.25, 0.3) is 5.56 Å². The number of aryl methyl sites for hydroxylation is 2. The number of ether oxygens (including phenoxy) is 1. The lowest BCUT2D eigenvalue weighted by Crippen LogP contribution is -2.28. The van der Waals surface area contributed by atoms with Gasteiger partial charge in [0, 0.05) is 18.2 Å². The molecule has 1 N–H and O–H groups in total. The highest BCUT2D eigenvalue weighted by Gasteiger charge is 2.20. The maximum atomic E-state index is 12.7. The Labute approximate surface area is 170 Å². The van der Waals surface area contributed by atoms with Crippen LogP contribution < -0.4 is 10.3 Å². The molecule has 6 nitrogen and oxygen atoms in total. The van der Waals surface area contributed by atoms with Gasteiger partial charge in [-0.1, -0.05) is 6.07 Å². The van der Waals surface area contributed by atoms with Crippen molar-refractivity contribution in [3.05, 3.63) is 70.0 Å². The molecule has 0 saturated heterocycles. The lowest BCUT2D eigenvalue weighted by atomic mass is 9.89. The molecular formula is C23H25N3O3. The second kappa shape index (κ2) is 7.72. The summed E-state index contributed by atoms with van der Waals surface area (Å²) in [6.07, 6.45) is 1.67. The van der Waals surface area contributed by atoms with Gasteiger partial charge in [-0.3, -0.25) is 4.79 Å². The van der Waals surface area contributed by atoms with Crippen LogP contribution in [0, 0.1) is 0 Å². The number of phenolic OH excluding ortho intramolecular Hbond substituents is 1. The van der Waals surface area contributed by atoms with Crippen LogP contribution >= 0.6 is 0 Å². The number of hydrogen-bond donors (Lipinski definition) is 1. The van der Waals surface area contributed by atoms with Crippen LogP contribution in [0.15, 0.2) is 53.3 Å². The van der Waals surface area contributed by atoms with E-state index in [2.05, 4.69) is 10.00 Å². The molecule has 6 heteroatoms. The molecule has 1 unspecified atom stereocenters. The Hall–Kier alpha value is -3.12. The predicted molar refractivity (Wildman–Crippen MR) is 113 cm³/mol. The van der Waals surface area contributed by atoms with Gasteiger partial charge < -0.3 is 14.7 Å². The first-order valence-corrected chi connectivity index (χ1v) is 9.78. The van der Waals surface area contributed by atoms with E-state index in [4.69, 9.17) is 4.74 Å². The van der Waals surface area contributed by atoms with Gasteiger partial charge in [-0.2, -0.15) is 9.78 Å². The molecule has 1 aromatic heterocycles. The van der Waals surface area contributed by atoms with Gasteiger partial charge >= 0.3 is 0 Å². The highest BCUT2D eigenvalue weighted by Crippen LogP contribution is 2.33. The van der Waals surface area contributed by atoms with Crippen LogP contribution in [0.3, 0.4) is 0 Å². The zero-order valence-corrected chi connectivity index (χ0v) is 16.9. The van der Waals surface area contributed by atoms with E-state index < -0.39 is 0 Å². The third-order valence-electron chi connectivity index (χ3n) is 5.06. The Morgan fingerprint density at radius 2 is 1.83 bits per heavy atom. The van der Waals surface area contributed by atoms with Crippen molar-refractivity contribution in [1.82, 2.24) is 14.7 Å². The monoisotopic (exact) mass is 391 g/mol. The summed E-state index contributed by atoms with van der Waals surface area (Å²) in [5.74, 6) is 0.953. The number of nitrogens with zero attached hydrogens (tertiary/aromatic N) is 3. The fraction of sp³-hybridized carbons (Fsp3) is 0.304. The molecule has 1 aliphatic carbocycles. The lowest BCUT2D eigenvalue weighted by molar-refractivity contribution is 0.177. The number of rotatable bonds is 5. The van der Waals surface area contributed by atoms with E-state index in [0.717, 1.165) is 47.5 Å². The van der Waals surface area contributed by atoms with Crippen LogP contribution in [-0.2, 0) is 12.8 Å². The van der Waals surface area contributed by atoms with Crippen molar-refractivity contribution in [2.75, 3.05) is 20.6 Å². The van der Waals surface area contributed by atoms with Crippen molar-refractivity contribution in [2.24, 2.45) is 0 Å². The van der Waals surface area contributed by atoms with Gasteiger partial charge in [-0.25, -0.2) is 0 Å². The van der Waals surface area contributed by atoms with Crippen molar-refractivity contribution >= 4 is 0 Å². The van der Waals surface area contributed by atoms with E-state index in [1.54, 1.807) is 18.2 Å². The van der Waals surface area contributed by atoms with E-state index >= 15 is 0 Å². The molecular weight excluding hydrogens is 366 g/mol. The molecule has 1 atom stereocenters. The summed E-state index contributed by atoms with van der Waals surface area (Å²) in [6.45, 7) is 2.84. The topological polar surface area (TPSA) is 67.6 Å². The molecule has 2 aromatic carbocycles. The Kier molecular flexibility index (Phi) is 5.11. The van der Waals surface area contributed by atoms with Gasteiger partial charge in [-0.05, 0) is 81.4 Å². The van der Waals surface area contributed by atoms with Crippen LogP contribution in [-0.4, -0.2) is 46.5 Å². The molecule has 1 heterocycles. The summed E-state index contributed by atoms with van der Waals surface area (Å²) >= 11 is 0. The average Bonchev–Trinajstić information content (AvgIpc) is 2.67. The lowest BCUT2D eigenvalue weighted by Gasteiger charge is -2.20. The third kappa shape index (κ3) is 4.03. The molecule has 4 rings (SSSR count). The summed E-state index contributed by atoms with van der Waals surface area (Å²) in [4.78, 5) is 14.7. The number of likely N-dealkylation sites (N-methyl/N-ethyl adjacent to an activating group) is 1. The summed E-state index contributed by atoms with van der Waals surface area (Å²) in [6, 6.07) is 14.4. The molecule has 0 amide bonds. The maximum absolute atomic E-state index is 12.7. The summed E-state index contributed by atoms with van der Waals surface area (Å²) < 4.78 is 7.33. The van der Waals surface area contributed by atoms with Gasteiger partial charge in [0.1, 0.15) is 17.6 Å². The average molecular weight is 391 g/mol. The van der Waals surface area contributed by atoms with Gasteiger partial charge in [0.15, 0.2) is 0 Å². The van der Waals surface area contributed by atoms with E-state index in [1.165, 1.54) is 4.68 Å². The first kappa shape index (κ1) is 19.2. The fourth-order valence-corrected chi connectivity index (χ4v) is 3.82. The van der Waals surface area contributed by atoms with Crippen molar-refractivity contribution < 1.29 is 9.84 Å². The van der Waals surface area contributed by atoms with Crippen molar-refractivity contribution in [3.8, 4) is 28.4 Å². The van der Waals surface area contributed by atoms with Crippen LogP contribution in [0.2, 0.25) is 0 Å². The highest BCUT2D eigenvalue weighted by molar-refractivity contribution is 5.70. The molecule has 1 aliphatic rings. The molecule has 0 fully saturated rings. The fourth-order valence-electron chi connectivity index (χ4n) is 3.82. The van der Waals surface area contributed by atoms with E-state index in [0.29, 0.717) is 5.69 Å². The highest BCUT2D eigenvalue weighted by atomic mass is 16.5. The van der Waals surface area contributed by atoms with Gasteiger partial charge in [0.2, 0.25) is 0 Å². The second-order valence-corrected chi connectivity index (χ2v) is 7.79. The minimum Gasteiger partial charge on any atom is -0.508 e. The predicted octanol–water partition coefficient (Wildman–Crippen LogP) is 3.03. The molecule has 0 saturated carbocycles. The molecule has 3 aromatic rings. The largest absolute Gasteiger partial charge is 0.508 e. The maximum Gasteiger partial charge on any atom is 0.271 e. The zero-order valence-electron chi connectivity index (χ0n) is 16.9. The Morgan fingerprint density at radius 3 is 2.55 bits per heavy atom. The molecule has 150 valence electrons. The SMILES string of the molecule is CC(CN(C)C)Oc1ccc(-n2nc3c(cc2=O)CCc2ccc(O)cc2-3)cc1. The summed E-state index contributed by atoms with van der Waals surface area (Å²) in [5, 5.41) is 14.5. The molecule has 29 heavy (non-hydrogen) atoms. The minimum absolute atomic E-state index is 0.0598. The van der Waals surface area contributed by atoms with Crippen LogP contribution in [0.4, 0.5) is 0 Å². The van der Waals surface area contributed by atoms with Gasteiger partial charge in [-0.15, -0.1) is 0 Å². The smallest absolute Gasteiger partial charge is 0.271 e. The number of aromatic nitrogens is 2. The number of benzene rings is 2. The zero-order chi connectivity index (χ0) is 20.5. The minimum atomic E-state index is -0.165.